The van der Waals surface area contributed by atoms with Crippen LogP contribution in [0.5, 0.6) is 0 Å². The molecule has 0 amide bonds. The number of hydrogen-bond donors (Lipinski definition) is 2. The fourth-order valence-corrected chi connectivity index (χ4v) is 3.18. The zero-order chi connectivity index (χ0) is 15.7. The van der Waals surface area contributed by atoms with Gasteiger partial charge in [0.05, 0.1) is 4.90 Å². The molecule has 0 fully saturated rings. The van der Waals surface area contributed by atoms with Gasteiger partial charge in [-0.2, -0.15) is 4.72 Å². The van der Waals surface area contributed by atoms with E-state index in [1.807, 2.05) is 13.8 Å². The second kappa shape index (κ2) is 5.54. The zero-order valence-electron chi connectivity index (χ0n) is 12.4. The summed E-state index contributed by atoms with van der Waals surface area (Å²) in [5.74, 6) is -1.19. The second-order valence-electron chi connectivity index (χ2n) is 6.00. The normalized spacial score (nSPS) is 14.1. The molecule has 1 unspecified atom stereocenters. The van der Waals surface area contributed by atoms with Gasteiger partial charge in [0.1, 0.15) is 6.04 Å². The Morgan fingerprint density at radius 3 is 2.15 bits per heavy atom. The maximum atomic E-state index is 12.3. The van der Waals surface area contributed by atoms with E-state index in [9.17, 15) is 18.3 Å². The van der Waals surface area contributed by atoms with Gasteiger partial charge in [-0.15, -0.1) is 0 Å². The lowest BCUT2D eigenvalue weighted by Crippen LogP contribution is -2.48. The lowest BCUT2D eigenvalue weighted by atomic mass is 9.88. The first-order valence-electron chi connectivity index (χ1n) is 6.27. The minimum absolute atomic E-state index is 0.0797. The topological polar surface area (TPSA) is 83.5 Å². The number of benzene rings is 1. The molecule has 1 aromatic rings. The number of aliphatic carboxylic acids is 1. The van der Waals surface area contributed by atoms with Crippen LogP contribution in [0.3, 0.4) is 0 Å². The molecule has 1 rings (SSSR count). The largest absolute Gasteiger partial charge is 0.480 e. The zero-order valence-corrected chi connectivity index (χ0v) is 13.2. The molecular weight excluding hydrogens is 278 g/mol. The summed E-state index contributed by atoms with van der Waals surface area (Å²) in [6, 6.07) is 3.54. The van der Waals surface area contributed by atoms with Crippen LogP contribution in [0.25, 0.3) is 0 Å². The van der Waals surface area contributed by atoms with Crippen LogP contribution in [0.15, 0.2) is 23.1 Å². The summed E-state index contributed by atoms with van der Waals surface area (Å²) in [6.45, 7) is 8.72. The highest BCUT2D eigenvalue weighted by molar-refractivity contribution is 7.89. The van der Waals surface area contributed by atoms with E-state index < -0.39 is 27.4 Å². The molecule has 0 saturated heterocycles. The van der Waals surface area contributed by atoms with Gasteiger partial charge in [0.15, 0.2) is 0 Å². The Balaban J connectivity index is 3.16. The van der Waals surface area contributed by atoms with Gasteiger partial charge in [-0.25, -0.2) is 8.42 Å². The summed E-state index contributed by atoms with van der Waals surface area (Å²) in [5.41, 5.74) is 1.10. The summed E-state index contributed by atoms with van der Waals surface area (Å²) in [4.78, 5) is 11.3. The molecule has 5 nitrogen and oxygen atoms in total. The number of sulfonamides is 1. The van der Waals surface area contributed by atoms with Gasteiger partial charge in [0, 0.05) is 0 Å². The quantitative estimate of drug-likeness (QED) is 0.891. The van der Waals surface area contributed by atoms with E-state index in [4.69, 9.17) is 0 Å². The number of carbonyl (C=O) groups is 1. The highest BCUT2D eigenvalue weighted by atomic mass is 32.2. The molecule has 2 N–H and O–H groups in total. The third-order valence-corrected chi connectivity index (χ3v) is 4.60. The van der Waals surface area contributed by atoms with E-state index in [1.54, 1.807) is 32.9 Å². The summed E-state index contributed by atoms with van der Waals surface area (Å²) in [6.07, 6.45) is 0. The molecule has 0 aliphatic rings. The average Bonchev–Trinajstić information content (AvgIpc) is 2.27. The van der Waals surface area contributed by atoms with Crippen LogP contribution in [-0.4, -0.2) is 25.5 Å². The first kappa shape index (κ1) is 16.7. The maximum absolute atomic E-state index is 12.3. The lowest BCUT2D eigenvalue weighted by molar-refractivity contribution is -0.141. The van der Waals surface area contributed by atoms with Crippen molar-refractivity contribution in [1.82, 2.24) is 4.72 Å². The molecular formula is C14H21NO4S. The predicted molar refractivity (Wildman–Crippen MR) is 77.1 cm³/mol. The van der Waals surface area contributed by atoms with Crippen LogP contribution < -0.4 is 4.72 Å². The van der Waals surface area contributed by atoms with Crippen molar-refractivity contribution in [1.29, 1.82) is 0 Å². The number of carboxylic acid groups (broad SMARTS) is 1. The molecule has 0 aromatic heterocycles. The Labute approximate surface area is 120 Å². The minimum atomic E-state index is -3.86. The highest BCUT2D eigenvalue weighted by Crippen LogP contribution is 2.22. The molecule has 0 aliphatic heterocycles. The van der Waals surface area contributed by atoms with Crippen molar-refractivity contribution in [2.45, 2.75) is 45.6 Å². The molecule has 0 spiro atoms. The number of carboxylic acids is 1. The molecule has 6 heteroatoms. The van der Waals surface area contributed by atoms with Crippen LogP contribution in [-0.2, 0) is 14.8 Å². The van der Waals surface area contributed by atoms with Gasteiger partial charge in [0.25, 0.3) is 0 Å². The number of hydrogen-bond acceptors (Lipinski definition) is 3. The standard InChI is InChI=1S/C14H21NO4S/c1-9-6-7-11(8-10(9)2)20(18,19)15-12(13(16)17)14(3,4)5/h6-8,12,15H,1-5H3,(H,16,17). The van der Waals surface area contributed by atoms with Crippen molar-refractivity contribution in [3.63, 3.8) is 0 Å². The average molecular weight is 299 g/mol. The van der Waals surface area contributed by atoms with Crippen molar-refractivity contribution in [3.05, 3.63) is 29.3 Å². The van der Waals surface area contributed by atoms with E-state index in [0.29, 0.717) is 0 Å². The summed E-state index contributed by atoms with van der Waals surface area (Å²) in [5, 5.41) is 9.19. The van der Waals surface area contributed by atoms with E-state index in [-0.39, 0.29) is 4.90 Å². The first-order valence-corrected chi connectivity index (χ1v) is 7.76. The van der Waals surface area contributed by atoms with Gasteiger partial charge >= 0.3 is 5.97 Å². The van der Waals surface area contributed by atoms with Crippen LogP contribution in [0, 0.1) is 19.3 Å². The predicted octanol–water partition coefficient (Wildman–Crippen LogP) is 2.08. The number of aryl methyl sites for hydroxylation is 2. The first-order chi connectivity index (χ1) is 8.95. The van der Waals surface area contributed by atoms with E-state index in [1.165, 1.54) is 6.07 Å². The number of nitrogens with one attached hydrogen (secondary N) is 1. The van der Waals surface area contributed by atoms with Gasteiger partial charge in [-0.3, -0.25) is 4.79 Å². The van der Waals surface area contributed by atoms with Crippen molar-refractivity contribution in [2.75, 3.05) is 0 Å². The Kier molecular flexibility index (Phi) is 4.61. The third kappa shape index (κ3) is 3.80. The summed E-state index contributed by atoms with van der Waals surface area (Å²) >= 11 is 0. The Morgan fingerprint density at radius 2 is 1.75 bits per heavy atom. The van der Waals surface area contributed by atoms with Crippen LogP contribution in [0.1, 0.15) is 31.9 Å². The Hall–Kier alpha value is -1.40. The smallest absolute Gasteiger partial charge is 0.322 e. The van der Waals surface area contributed by atoms with E-state index >= 15 is 0 Å². The van der Waals surface area contributed by atoms with E-state index in [2.05, 4.69) is 4.72 Å². The van der Waals surface area contributed by atoms with Crippen LogP contribution in [0.2, 0.25) is 0 Å². The lowest BCUT2D eigenvalue weighted by Gasteiger charge is -2.27. The van der Waals surface area contributed by atoms with Crippen molar-refractivity contribution < 1.29 is 18.3 Å². The number of rotatable bonds is 4. The minimum Gasteiger partial charge on any atom is -0.480 e. The third-order valence-electron chi connectivity index (χ3n) is 3.17. The van der Waals surface area contributed by atoms with Gasteiger partial charge in [-0.1, -0.05) is 26.8 Å². The maximum Gasteiger partial charge on any atom is 0.322 e. The molecule has 0 saturated carbocycles. The fraction of sp³-hybridized carbons (Fsp3) is 0.500. The van der Waals surface area contributed by atoms with Gasteiger partial charge < -0.3 is 5.11 Å². The SMILES string of the molecule is Cc1ccc(S(=O)(=O)NC(C(=O)O)C(C)(C)C)cc1C. The molecule has 1 atom stereocenters. The Bertz CT molecular complexity index is 615. The van der Waals surface area contributed by atoms with E-state index in [0.717, 1.165) is 11.1 Å². The Morgan fingerprint density at radius 1 is 1.20 bits per heavy atom. The molecule has 0 bridgehead atoms. The van der Waals surface area contributed by atoms with Crippen molar-refractivity contribution >= 4 is 16.0 Å². The molecule has 20 heavy (non-hydrogen) atoms. The molecule has 112 valence electrons. The van der Waals surface area contributed by atoms with Crippen LogP contribution in [0.4, 0.5) is 0 Å². The monoisotopic (exact) mass is 299 g/mol. The van der Waals surface area contributed by atoms with Gasteiger partial charge in [-0.05, 0) is 42.5 Å². The second-order valence-corrected chi connectivity index (χ2v) is 7.72. The molecule has 0 heterocycles. The molecule has 0 radical (unpaired) electrons. The molecule has 0 aliphatic carbocycles. The highest BCUT2D eigenvalue weighted by Gasteiger charge is 2.35. The fourth-order valence-electron chi connectivity index (χ4n) is 1.70. The van der Waals surface area contributed by atoms with Crippen LogP contribution >= 0.6 is 0 Å². The summed E-state index contributed by atoms with van der Waals surface area (Å²) in [7, 11) is -3.86. The van der Waals surface area contributed by atoms with Crippen molar-refractivity contribution in [3.8, 4) is 0 Å². The summed E-state index contributed by atoms with van der Waals surface area (Å²) < 4.78 is 26.8. The van der Waals surface area contributed by atoms with Crippen molar-refractivity contribution in [2.24, 2.45) is 5.41 Å². The molecule has 1 aromatic carbocycles. The van der Waals surface area contributed by atoms with Gasteiger partial charge in [0.2, 0.25) is 10.0 Å².